The first kappa shape index (κ1) is 25.8. The minimum Gasteiger partial charge on any atom is -0.341 e. The van der Waals surface area contributed by atoms with Gasteiger partial charge in [0.05, 0.1) is 4.91 Å². The number of hydrogen-bond donors (Lipinski definition) is 1. The number of para-hydroxylation sites is 1. The van der Waals surface area contributed by atoms with Gasteiger partial charge in [0.25, 0.3) is 11.1 Å². The van der Waals surface area contributed by atoms with Gasteiger partial charge in [-0.15, -0.1) is 0 Å². The third-order valence-electron chi connectivity index (χ3n) is 6.88. The molecule has 0 atom stereocenters. The van der Waals surface area contributed by atoms with Crippen molar-refractivity contribution in [2.24, 2.45) is 0 Å². The summed E-state index contributed by atoms with van der Waals surface area (Å²) in [6.07, 6.45) is 7.57. The minimum absolute atomic E-state index is 0.0913. The Morgan fingerprint density at radius 2 is 1.66 bits per heavy atom. The van der Waals surface area contributed by atoms with Crippen LogP contribution in [0.1, 0.15) is 36.8 Å². The van der Waals surface area contributed by atoms with E-state index in [4.69, 9.17) is 0 Å². The highest BCUT2D eigenvalue weighted by Crippen LogP contribution is 2.34. The van der Waals surface area contributed by atoms with E-state index in [1.54, 1.807) is 11.0 Å². The van der Waals surface area contributed by atoms with Crippen molar-refractivity contribution in [1.29, 1.82) is 0 Å². The summed E-state index contributed by atoms with van der Waals surface area (Å²) >= 11 is 0.843. The van der Waals surface area contributed by atoms with Crippen molar-refractivity contribution >= 4 is 57.4 Å². The summed E-state index contributed by atoms with van der Waals surface area (Å²) in [7, 11) is 0. The van der Waals surface area contributed by atoms with Gasteiger partial charge in [-0.25, -0.2) is 0 Å². The number of aromatic nitrogens is 1. The first-order chi connectivity index (χ1) is 18.4. The number of thioether (sulfide) groups is 1. The Kier molecular flexibility index (Phi) is 7.64. The van der Waals surface area contributed by atoms with Crippen molar-refractivity contribution in [2.75, 3.05) is 25.0 Å². The smallest absolute Gasteiger partial charge is 0.294 e. The van der Waals surface area contributed by atoms with E-state index < -0.39 is 11.1 Å². The van der Waals surface area contributed by atoms with Gasteiger partial charge >= 0.3 is 0 Å². The average Bonchev–Trinajstić information content (AvgIpc) is 3.21. The van der Waals surface area contributed by atoms with Crippen molar-refractivity contribution < 1.29 is 19.2 Å². The number of hydrogen-bond acceptors (Lipinski definition) is 5. The molecule has 8 nitrogen and oxygen atoms in total. The molecule has 4 amide bonds. The second-order valence-electron chi connectivity index (χ2n) is 9.71. The number of nitrogens with zero attached hydrogens (tertiary/aromatic N) is 3. The van der Waals surface area contributed by atoms with Crippen molar-refractivity contribution in [2.45, 2.75) is 39.2 Å². The van der Waals surface area contributed by atoms with Gasteiger partial charge in [-0.1, -0.05) is 48.7 Å². The molecule has 1 aromatic heterocycles. The molecule has 2 fully saturated rings. The molecule has 3 aromatic rings. The number of likely N-dealkylation sites (tertiary alicyclic amines) is 1. The Balaban J connectivity index is 1.33. The van der Waals surface area contributed by atoms with E-state index >= 15 is 0 Å². The number of amides is 4. The van der Waals surface area contributed by atoms with E-state index in [-0.39, 0.29) is 29.8 Å². The van der Waals surface area contributed by atoms with E-state index in [1.807, 2.05) is 66.2 Å². The molecule has 2 aliphatic heterocycles. The molecule has 0 saturated carbocycles. The molecule has 0 bridgehead atoms. The number of nitrogens with one attached hydrogen (secondary N) is 1. The van der Waals surface area contributed by atoms with Crippen LogP contribution in [-0.4, -0.2) is 57.0 Å². The summed E-state index contributed by atoms with van der Waals surface area (Å²) < 4.78 is 1.83. The predicted octanol–water partition coefficient (Wildman–Crippen LogP) is 5.03. The van der Waals surface area contributed by atoms with Crippen molar-refractivity contribution in [3.05, 3.63) is 70.8 Å². The normalized spacial score (nSPS) is 17.3. The molecule has 5 rings (SSSR count). The van der Waals surface area contributed by atoms with Crippen LogP contribution in [0, 0.1) is 6.92 Å². The number of aryl methyl sites for hydroxylation is 1. The summed E-state index contributed by atoms with van der Waals surface area (Å²) in [5.41, 5.74) is 3.40. The van der Waals surface area contributed by atoms with Crippen LogP contribution in [-0.2, 0) is 20.9 Å². The quantitative estimate of drug-likeness (QED) is 0.452. The lowest BCUT2D eigenvalue weighted by Crippen LogP contribution is -2.42. The molecular formula is C29H30N4O4S. The van der Waals surface area contributed by atoms with Crippen LogP contribution in [0.5, 0.6) is 0 Å². The van der Waals surface area contributed by atoms with Gasteiger partial charge < -0.3 is 14.8 Å². The Morgan fingerprint density at radius 1 is 0.947 bits per heavy atom. The average molecular weight is 531 g/mol. The van der Waals surface area contributed by atoms with Crippen LogP contribution in [0.3, 0.4) is 0 Å². The number of carbonyl (C=O) groups excluding carboxylic acids is 4. The number of benzene rings is 2. The maximum absolute atomic E-state index is 13.1. The molecule has 2 aromatic carbocycles. The molecule has 1 N–H and O–H groups in total. The van der Waals surface area contributed by atoms with Gasteiger partial charge in [0.15, 0.2) is 0 Å². The fraction of sp³-hybridized carbons (Fsp3) is 0.310. The highest BCUT2D eigenvalue weighted by molar-refractivity contribution is 8.18. The van der Waals surface area contributed by atoms with Crippen LogP contribution in [0.25, 0.3) is 17.0 Å². The van der Waals surface area contributed by atoms with Crippen molar-refractivity contribution in [3.8, 4) is 0 Å². The predicted molar refractivity (Wildman–Crippen MR) is 149 cm³/mol. The van der Waals surface area contributed by atoms with Gasteiger partial charge in [0.1, 0.15) is 13.1 Å². The zero-order valence-electron chi connectivity index (χ0n) is 21.3. The summed E-state index contributed by atoms with van der Waals surface area (Å²) in [6.45, 7) is 3.18. The molecule has 38 heavy (non-hydrogen) atoms. The number of anilines is 1. The maximum Gasteiger partial charge on any atom is 0.294 e. The van der Waals surface area contributed by atoms with Gasteiger partial charge in [-0.05, 0) is 55.8 Å². The second-order valence-corrected chi connectivity index (χ2v) is 10.7. The van der Waals surface area contributed by atoms with E-state index in [2.05, 4.69) is 5.32 Å². The summed E-state index contributed by atoms with van der Waals surface area (Å²) in [6, 6.07) is 15.2. The molecule has 0 aliphatic carbocycles. The first-order valence-electron chi connectivity index (χ1n) is 12.9. The summed E-state index contributed by atoms with van der Waals surface area (Å²) in [4.78, 5) is 54.4. The summed E-state index contributed by atoms with van der Waals surface area (Å²) in [5, 5.41) is 3.34. The lowest BCUT2D eigenvalue weighted by molar-refractivity contribution is -0.135. The lowest BCUT2D eigenvalue weighted by Gasteiger charge is -2.22. The number of carbonyl (C=O) groups is 4. The molecule has 0 radical (unpaired) electrons. The third kappa shape index (κ3) is 5.67. The molecular weight excluding hydrogens is 500 g/mol. The Labute approximate surface area is 225 Å². The van der Waals surface area contributed by atoms with Gasteiger partial charge in [-0.2, -0.15) is 0 Å². The van der Waals surface area contributed by atoms with E-state index in [9.17, 15) is 19.2 Å². The third-order valence-corrected chi connectivity index (χ3v) is 7.79. The molecule has 2 aliphatic rings. The minimum atomic E-state index is -0.461. The van der Waals surface area contributed by atoms with Crippen molar-refractivity contribution in [3.63, 3.8) is 0 Å². The Morgan fingerprint density at radius 3 is 2.39 bits per heavy atom. The fourth-order valence-corrected chi connectivity index (χ4v) is 5.68. The maximum atomic E-state index is 13.1. The molecule has 0 unspecified atom stereocenters. The van der Waals surface area contributed by atoms with E-state index in [0.29, 0.717) is 13.1 Å². The van der Waals surface area contributed by atoms with Gasteiger partial charge in [0.2, 0.25) is 11.8 Å². The number of imide groups is 1. The summed E-state index contributed by atoms with van der Waals surface area (Å²) in [5.74, 6) is -0.822. The van der Waals surface area contributed by atoms with Crippen molar-refractivity contribution in [1.82, 2.24) is 14.4 Å². The zero-order valence-corrected chi connectivity index (χ0v) is 22.1. The molecule has 2 saturated heterocycles. The Bertz CT molecular complexity index is 1420. The number of fused-ring (bicyclic) bond motifs is 1. The lowest BCUT2D eigenvalue weighted by atomic mass is 10.1. The van der Waals surface area contributed by atoms with Crippen LogP contribution in [0.4, 0.5) is 10.5 Å². The van der Waals surface area contributed by atoms with E-state index in [1.165, 1.54) is 0 Å². The topological polar surface area (TPSA) is 91.7 Å². The van der Waals surface area contributed by atoms with Crippen LogP contribution < -0.4 is 5.32 Å². The van der Waals surface area contributed by atoms with Crippen LogP contribution >= 0.6 is 11.8 Å². The monoisotopic (exact) mass is 530 g/mol. The van der Waals surface area contributed by atoms with Gasteiger partial charge in [-0.3, -0.25) is 24.1 Å². The highest BCUT2D eigenvalue weighted by atomic mass is 32.2. The standard InChI is InChI=1S/C29H30N4O4S/c1-20-10-12-22(13-11-20)30-26(34)18-32-17-21(23-8-4-5-9-24(23)32)16-25-28(36)33(29(37)38-25)19-27(35)31-14-6-2-3-7-15-31/h4-5,8-13,16-17H,2-3,6-7,14-15,18-19H2,1H3,(H,30,34). The van der Waals surface area contributed by atoms with Gasteiger partial charge in [0, 0.05) is 41.4 Å². The first-order valence-corrected chi connectivity index (χ1v) is 13.7. The molecule has 0 spiro atoms. The van der Waals surface area contributed by atoms with E-state index in [0.717, 1.165) is 70.1 Å². The molecule has 3 heterocycles. The Hall–Kier alpha value is -3.85. The second kappa shape index (κ2) is 11.3. The molecule has 196 valence electrons. The van der Waals surface area contributed by atoms with Crippen LogP contribution in [0.2, 0.25) is 0 Å². The highest BCUT2D eigenvalue weighted by Gasteiger charge is 2.37. The number of rotatable bonds is 6. The molecule has 9 heteroatoms. The zero-order chi connectivity index (χ0) is 26.6. The SMILES string of the molecule is Cc1ccc(NC(=O)Cn2cc(C=C3SC(=O)N(CC(=O)N4CCCCCC4)C3=O)c3ccccc32)cc1. The largest absolute Gasteiger partial charge is 0.341 e. The fourth-order valence-electron chi connectivity index (χ4n) is 4.85. The van der Waals surface area contributed by atoms with Crippen LogP contribution in [0.15, 0.2) is 59.6 Å².